The summed E-state index contributed by atoms with van der Waals surface area (Å²) in [6, 6.07) is 0. The van der Waals surface area contributed by atoms with Gasteiger partial charge in [0.25, 0.3) is 0 Å². The molecule has 2 aliphatic rings. The second-order valence-electron chi connectivity index (χ2n) is 6.41. The lowest BCUT2D eigenvalue weighted by Gasteiger charge is -2.32. The van der Waals surface area contributed by atoms with E-state index in [0.717, 1.165) is 6.54 Å². The number of rotatable bonds is 3. The number of hydrogen-bond donors (Lipinski definition) is 0. The van der Waals surface area contributed by atoms with Gasteiger partial charge in [0.05, 0.1) is 11.2 Å². The van der Waals surface area contributed by atoms with Crippen molar-refractivity contribution in [3.63, 3.8) is 0 Å². The molecule has 0 aromatic rings. The number of likely N-dealkylation sites (tertiary alicyclic amines) is 1. The van der Waals surface area contributed by atoms with Gasteiger partial charge in [0, 0.05) is 6.54 Å². The van der Waals surface area contributed by atoms with E-state index in [2.05, 4.69) is 44.6 Å². The van der Waals surface area contributed by atoms with Gasteiger partial charge in [-0.05, 0) is 53.6 Å². The van der Waals surface area contributed by atoms with Crippen LogP contribution in [-0.4, -0.2) is 42.9 Å². The molecule has 0 N–H and O–H groups in total. The highest BCUT2D eigenvalue weighted by Crippen LogP contribution is 2.36. The molecule has 2 aliphatic heterocycles. The smallest absolute Gasteiger partial charge is 0.400 e. The Balaban J connectivity index is 1.80. The summed E-state index contributed by atoms with van der Waals surface area (Å²) < 4.78 is 11.9. The lowest BCUT2D eigenvalue weighted by Crippen LogP contribution is -2.41. The van der Waals surface area contributed by atoms with Gasteiger partial charge in [-0.1, -0.05) is 18.5 Å². The quantitative estimate of drug-likeness (QED) is 0.720. The van der Waals surface area contributed by atoms with Crippen molar-refractivity contribution in [1.29, 1.82) is 0 Å². The zero-order valence-corrected chi connectivity index (χ0v) is 12.2. The van der Waals surface area contributed by atoms with Crippen LogP contribution in [0.1, 0.15) is 47.0 Å². The Labute approximate surface area is 112 Å². The highest BCUT2D eigenvalue weighted by molar-refractivity contribution is 6.51. The molecule has 0 saturated carbocycles. The van der Waals surface area contributed by atoms with Gasteiger partial charge in [-0.3, -0.25) is 4.90 Å². The third-order valence-corrected chi connectivity index (χ3v) is 4.38. The Bertz CT molecular complexity index is 293. The van der Waals surface area contributed by atoms with E-state index >= 15 is 0 Å². The molecule has 0 aliphatic carbocycles. The summed E-state index contributed by atoms with van der Waals surface area (Å²) in [4.78, 5) is 2.49. The Morgan fingerprint density at radius 2 is 1.56 bits per heavy atom. The van der Waals surface area contributed by atoms with Crippen molar-refractivity contribution in [3.8, 4) is 0 Å². The van der Waals surface area contributed by atoms with Gasteiger partial charge in [0.1, 0.15) is 0 Å². The zero-order valence-electron chi connectivity index (χ0n) is 12.2. The fourth-order valence-corrected chi connectivity index (χ4v) is 2.43. The molecule has 18 heavy (non-hydrogen) atoms. The van der Waals surface area contributed by atoms with Crippen molar-refractivity contribution in [3.05, 3.63) is 12.1 Å². The van der Waals surface area contributed by atoms with E-state index in [1.165, 1.54) is 32.4 Å². The van der Waals surface area contributed by atoms with Gasteiger partial charge in [-0.25, -0.2) is 0 Å². The van der Waals surface area contributed by atoms with Crippen LogP contribution in [0.25, 0.3) is 0 Å². The van der Waals surface area contributed by atoms with E-state index < -0.39 is 0 Å². The Morgan fingerprint density at radius 1 is 1.00 bits per heavy atom. The molecule has 0 radical (unpaired) electrons. The summed E-state index contributed by atoms with van der Waals surface area (Å²) in [6.45, 7) is 11.8. The normalized spacial score (nSPS) is 28.1. The average molecular weight is 251 g/mol. The molecule has 2 saturated heterocycles. The van der Waals surface area contributed by atoms with Crippen molar-refractivity contribution in [1.82, 2.24) is 4.90 Å². The Morgan fingerprint density at radius 3 is 2.11 bits per heavy atom. The molecule has 0 aromatic heterocycles. The van der Waals surface area contributed by atoms with Gasteiger partial charge >= 0.3 is 7.12 Å². The lowest BCUT2D eigenvalue weighted by molar-refractivity contribution is 0.00578. The summed E-state index contributed by atoms with van der Waals surface area (Å²) in [6.07, 6.45) is 6.25. The Kier molecular flexibility index (Phi) is 4.20. The highest BCUT2D eigenvalue weighted by Gasteiger charge is 2.49. The SMILES string of the molecule is CC1(C)OB(C=CCN2CCCCC2)OC1(C)C. The monoisotopic (exact) mass is 251 g/mol. The lowest BCUT2D eigenvalue weighted by atomic mass is 9.90. The van der Waals surface area contributed by atoms with E-state index in [4.69, 9.17) is 9.31 Å². The van der Waals surface area contributed by atoms with Crippen molar-refractivity contribution in [2.75, 3.05) is 19.6 Å². The maximum Gasteiger partial charge on any atom is 0.486 e. The minimum Gasteiger partial charge on any atom is -0.400 e. The van der Waals surface area contributed by atoms with Crippen molar-refractivity contribution in [2.24, 2.45) is 0 Å². The zero-order chi connectivity index (χ0) is 13.2. The van der Waals surface area contributed by atoms with Crippen LogP contribution >= 0.6 is 0 Å². The molecular weight excluding hydrogens is 225 g/mol. The van der Waals surface area contributed by atoms with Gasteiger partial charge < -0.3 is 9.31 Å². The van der Waals surface area contributed by atoms with Crippen LogP contribution in [0.2, 0.25) is 0 Å². The first kappa shape index (κ1) is 14.1. The minimum absolute atomic E-state index is 0.195. The van der Waals surface area contributed by atoms with Gasteiger partial charge in [-0.2, -0.15) is 0 Å². The summed E-state index contributed by atoms with van der Waals surface area (Å²) in [7, 11) is -0.195. The largest absolute Gasteiger partial charge is 0.486 e. The van der Waals surface area contributed by atoms with E-state index in [9.17, 15) is 0 Å². The van der Waals surface area contributed by atoms with Crippen LogP contribution < -0.4 is 0 Å². The molecule has 4 heteroatoms. The summed E-state index contributed by atoms with van der Waals surface area (Å²) in [5.74, 6) is 2.06. The summed E-state index contributed by atoms with van der Waals surface area (Å²) in [5.41, 5.74) is -0.458. The van der Waals surface area contributed by atoms with Gasteiger partial charge in [-0.15, -0.1) is 0 Å². The molecule has 102 valence electrons. The molecule has 3 nitrogen and oxygen atoms in total. The topological polar surface area (TPSA) is 21.7 Å². The van der Waals surface area contributed by atoms with Crippen molar-refractivity contribution >= 4 is 7.12 Å². The van der Waals surface area contributed by atoms with Crippen LogP contribution in [0.5, 0.6) is 0 Å². The molecule has 0 atom stereocenters. The van der Waals surface area contributed by atoms with Crippen LogP contribution in [-0.2, 0) is 9.31 Å². The molecule has 0 spiro atoms. The van der Waals surface area contributed by atoms with Crippen molar-refractivity contribution < 1.29 is 9.31 Å². The summed E-state index contributed by atoms with van der Waals surface area (Å²) in [5, 5.41) is 0. The molecule has 0 bridgehead atoms. The number of nitrogens with zero attached hydrogens (tertiary/aromatic N) is 1. The second-order valence-corrected chi connectivity index (χ2v) is 6.41. The molecule has 0 aromatic carbocycles. The van der Waals surface area contributed by atoms with Crippen LogP contribution in [0, 0.1) is 0 Å². The molecule has 2 rings (SSSR count). The maximum absolute atomic E-state index is 5.93. The van der Waals surface area contributed by atoms with Gasteiger partial charge in [0.15, 0.2) is 0 Å². The molecule has 2 heterocycles. The predicted molar refractivity (Wildman–Crippen MR) is 75.5 cm³/mol. The van der Waals surface area contributed by atoms with E-state index in [-0.39, 0.29) is 18.3 Å². The maximum atomic E-state index is 5.93. The molecular formula is C14H26BNO2. The van der Waals surface area contributed by atoms with Crippen LogP contribution in [0.15, 0.2) is 12.1 Å². The second kappa shape index (κ2) is 5.36. The predicted octanol–water partition coefficient (Wildman–Crippen LogP) is 2.66. The fraction of sp³-hybridized carbons (Fsp3) is 0.857. The van der Waals surface area contributed by atoms with E-state index in [1.54, 1.807) is 0 Å². The minimum atomic E-state index is -0.229. The van der Waals surface area contributed by atoms with Gasteiger partial charge in [0.2, 0.25) is 0 Å². The average Bonchev–Trinajstić information content (AvgIpc) is 2.49. The highest BCUT2D eigenvalue weighted by atomic mass is 16.7. The fourth-order valence-electron chi connectivity index (χ4n) is 2.43. The third-order valence-electron chi connectivity index (χ3n) is 4.38. The van der Waals surface area contributed by atoms with Crippen molar-refractivity contribution in [2.45, 2.75) is 58.2 Å². The first-order valence-corrected chi connectivity index (χ1v) is 7.15. The first-order chi connectivity index (χ1) is 8.41. The standard InChI is InChI=1S/C14H26BNO2/c1-13(2)14(3,4)18-15(17-13)9-8-12-16-10-6-5-7-11-16/h8-9H,5-7,10-12H2,1-4H3. The van der Waals surface area contributed by atoms with E-state index in [0.29, 0.717) is 0 Å². The number of piperidine rings is 1. The van der Waals surface area contributed by atoms with Crippen LogP contribution in [0.4, 0.5) is 0 Å². The van der Waals surface area contributed by atoms with Crippen LogP contribution in [0.3, 0.4) is 0 Å². The number of hydrogen-bond acceptors (Lipinski definition) is 3. The van der Waals surface area contributed by atoms with E-state index in [1.807, 2.05) is 0 Å². The Hall–Kier alpha value is -0.315. The summed E-state index contributed by atoms with van der Waals surface area (Å²) >= 11 is 0. The third kappa shape index (κ3) is 3.17. The molecule has 2 fully saturated rings. The molecule has 0 amide bonds. The first-order valence-electron chi connectivity index (χ1n) is 7.15. The molecule has 0 unspecified atom stereocenters.